The van der Waals surface area contributed by atoms with Gasteiger partial charge in [-0.3, -0.25) is 13.9 Å². The lowest BCUT2D eigenvalue weighted by Crippen LogP contribution is -2.52. The lowest BCUT2D eigenvalue weighted by Gasteiger charge is -2.33. The SMILES string of the molecule is Cc1ccccc1N(CCCC(=O)N(Cc1ccc(Cl)c(Cl)c1)[C@H](Cc1ccccc1)C(=O)NC1CCCC1)S(C)(=O)=O. The number of sulfonamides is 1. The second kappa shape index (κ2) is 15.1. The van der Waals surface area contributed by atoms with Gasteiger partial charge in [0, 0.05) is 32.0 Å². The van der Waals surface area contributed by atoms with Gasteiger partial charge >= 0.3 is 0 Å². The van der Waals surface area contributed by atoms with E-state index in [0.29, 0.717) is 22.2 Å². The van der Waals surface area contributed by atoms with Gasteiger partial charge in [0.1, 0.15) is 6.04 Å². The maximum atomic E-state index is 14.0. The summed E-state index contributed by atoms with van der Waals surface area (Å²) in [7, 11) is -3.58. The Hall–Kier alpha value is -3.07. The number of hydrogen-bond acceptors (Lipinski definition) is 4. The van der Waals surface area contributed by atoms with Crippen LogP contribution >= 0.6 is 23.2 Å². The van der Waals surface area contributed by atoms with Crippen molar-refractivity contribution in [1.82, 2.24) is 10.2 Å². The minimum absolute atomic E-state index is 0.0568. The number of para-hydroxylation sites is 1. The fourth-order valence-electron chi connectivity index (χ4n) is 5.58. The minimum atomic E-state index is -3.58. The van der Waals surface area contributed by atoms with Gasteiger partial charge in [-0.05, 0) is 61.1 Å². The monoisotopic (exact) mass is 643 g/mol. The van der Waals surface area contributed by atoms with Gasteiger partial charge < -0.3 is 10.2 Å². The van der Waals surface area contributed by atoms with E-state index in [4.69, 9.17) is 23.2 Å². The van der Waals surface area contributed by atoms with E-state index in [-0.39, 0.29) is 43.8 Å². The molecule has 0 heterocycles. The van der Waals surface area contributed by atoms with Crippen molar-refractivity contribution in [3.63, 3.8) is 0 Å². The van der Waals surface area contributed by atoms with Crippen molar-refractivity contribution in [1.29, 1.82) is 0 Å². The molecule has 4 rings (SSSR count). The summed E-state index contributed by atoms with van der Waals surface area (Å²) < 4.78 is 26.8. The number of aryl methyl sites for hydroxylation is 1. The minimum Gasteiger partial charge on any atom is -0.352 e. The second-order valence-electron chi connectivity index (χ2n) is 11.2. The number of carbonyl (C=O) groups excluding carboxylic acids is 2. The van der Waals surface area contributed by atoms with Gasteiger partial charge in [-0.2, -0.15) is 0 Å². The third-order valence-electron chi connectivity index (χ3n) is 7.85. The topological polar surface area (TPSA) is 86.8 Å². The van der Waals surface area contributed by atoms with E-state index in [1.165, 1.54) is 10.6 Å². The van der Waals surface area contributed by atoms with Crippen LogP contribution in [0.15, 0.2) is 72.8 Å². The van der Waals surface area contributed by atoms with Crippen LogP contribution in [0.2, 0.25) is 10.0 Å². The lowest BCUT2D eigenvalue weighted by molar-refractivity contribution is -0.141. The summed E-state index contributed by atoms with van der Waals surface area (Å²) in [6, 6.07) is 21.4. The highest BCUT2D eigenvalue weighted by Crippen LogP contribution is 2.26. The standard InChI is InChI=1S/C33H39Cl2N3O4S/c1-24-11-6-9-16-30(24)38(43(2,41)42)20-10-17-32(39)37(23-26-18-19-28(34)29(35)21-26)31(22-25-12-4-3-5-13-25)33(40)36-27-14-7-8-15-27/h3-6,9,11-13,16,18-19,21,27,31H,7-8,10,14-15,17,20,22-23H2,1-2H3,(H,36,40)/t31-/m1/s1. The zero-order valence-electron chi connectivity index (χ0n) is 24.6. The zero-order valence-corrected chi connectivity index (χ0v) is 27.0. The molecule has 3 aromatic rings. The van der Waals surface area contributed by atoms with Crippen LogP contribution in [0.25, 0.3) is 0 Å². The number of nitrogens with zero attached hydrogens (tertiary/aromatic N) is 2. The van der Waals surface area contributed by atoms with E-state index in [2.05, 4.69) is 5.32 Å². The Morgan fingerprint density at radius 3 is 2.26 bits per heavy atom. The Kier molecular flexibility index (Phi) is 11.5. The average Bonchev–Trinajstić information content (AvgIpc) is 3.48. The quantitative estimate of drug-likeness (QED) is 0.229. The predicted molar refractivity (Wildman–Crippen MR) is 174 cm³/mol. The van der Waals surface area contributed by atoms with E-state index >= 15 is 0 Å². The molecule has 0 aliphatic heterocycles. The van der Waals surface area contributed by atoms with E-state index in [9.17, 15) is 18.0 Å². The van der Waals surface area contributed by atoms with Crippen molar-refractivity contribution in [2.24, 2.45) is 0 Å². The van der Waals surface area contributed by atoms with E-state index in [0.717, 1.165) is 42.4 Å². The molecule has 1 aliphatic rings. The number of halogens is 2. The molecule has 0 bridgehead atoms. The van der Waals surface area contributed by atoms with Crippen LogP contribution in [0.5, 0.6) is 0 Å². The number of benzene rings is 3. The van der Waals surface area contributed by atoms with Crippen molar-refractivity contribution in [3.05, 3.63) is 99.5 Å². The largest absolute Gasteiger partial charge is 0.352 e. The Labute approximate surface area is 265 Å². The van der Waals surface area contributed by atoms with Gasteiger partial charge in [0.05, 0.1) is 22.0 Å². The van der Waals surface area contributed by atoms with E-state index in [1.807, 2.05) is 49.4 Å². The average molecular weight is 645 g/mol. The first-order valence-electron chi connectivity index (χ1n) is 14.6. The van der Waals surface area contributed by atoms with Crippen molar-refractivity contribution in [2.45, 2.75) is 70.5 Å². The van der Waals surface area contributed by atoms with Crippen LogP contribution < -0.4 is 9.62 Å². The molecule has 1 N–H and O–H groups in total. The molecule has 0 radical (unpaired) electrons. The Morgan fingerprint density at radius 2 is 1.60 bits per heavy atom. The molecule has 1 atom stereocenters. The Balaban J connectivity index is 1.61. The first kappa shape index (κ1) is 32.8. The number of nitrogens with one attached hydrogen (secondary N) is 1. The van der Waals surface area contributed by atoms with Gasteiger partial charge in [0.2, 0.25) is 21.8 Å². The highest BCUT2D eigenvalue weighted by molar-refractivity contribution is 7.92. The smallest absolute Gasteiger partial charge is 0.243 e. The van der Waals surface area contributed by atoms with Crippen LogP contribution in [0.4, 0.5) is 5.69 Å². The molecule has 1 aliphatic carbocycles. The molecular formula is C33H39Cl2N3O4S. The Morgan fingerprint density at radius 1 is 0.930 bits per heavy atom. The molecule has 1 fully saturated rings. The third-order valence-corrected chi connectivity index (χ3v) is 9.76. The molecule has 1 saturated carbocycles. The lowest BCUT2D eigenvalue weighted by atomic mass is 10.0. The summed E-state index contributed by atoms with van der Waals surface area (Å²) in [4.78, 5) is 29.5. The van der Waals surface area contributed by atoms with E-state index < -0.39 is 16.1 Å². The molecule has 0 spiro atoms. The fraction of sp³-hybridized carbons (Fsp3) is 0.394. The maximum absolute atomic E-state index is 14.0. The van der Waals surface area contributed by atoms with Gasteiger partial charge in [-0.1, -0.05) is 90.6 Å². The molecule has 10 heteroatoms. The normalized spacial score (nSPS) is 14.3. The molecule has 7 nitrogen and oxygen atoms in total. The number of carbonyl (C=O) groups is 2. The van der Waals surface area contributed by atoms with Crippen molar-refractivity contribution in [3.8, 4) is 0 Å². The molecule has 0 unspecified atom stereocenters. The second-order valence-corrected chi connectivity index (χ2v) is 13.9. The van der Waals surface area contributed by atoms with Crippen LogP contribution in [0.3, 0.4) is 0 Å². The summed E-state index contributed by atoms with van der Waals surface area (Å²) in [5.41, 5.74) is 3.09. The van der Waals surface area contributed by atoms with E-state index in [1.54, 1.807) is 35.2 Å². The van der Waals surface area contributed by atoms with Crippen molar-refractivity contribution in [2.75, 3.05) is 17.1 Å². The van der Waals surface area contributed by atoms with Crippen LogP contribution in [-0.2, 0) is 32.6 Å². The molecule has 0 saturated heterocycles. The van der Waals surface area contributed by atoms with Gasteiger partial charge in [0.25, 0.3) is 0 Å². The molecule has 0 aromatic heterocycles. The number of anilines is 1. The van der Waals surface area contributed by atoms with Crippen molar-refractivity contribution < 1.29 is 18.0 Å². The summed E-state index contributed by atoms with van der Waals surface area (Å²) in [6.45, 7) is 2.14. The van der Waals surface area contributed by atoms with Crippen LogP contribution in [0, 0.1) is 6.92 Å². The molecule has 2 amide bonds. The number of hydrogen-bond donors (Lipinski definition) is 1. The summed E-state index contributed by atoms with van der Waals surface area (Å²) in [5, 5.41) is 3.96. The highest BCUT2D eigenvalue weighted by atomic mass is 35.5. The third kappa shape index (κ3) is 9.21. The fourth-order valence-corrected chi connectivity index (χ4v) is 6.93. The molecule has 43 heavy (non-hydrogen) atoms. The van der Waals surface area contributed by atoms with Crippen LogP contribution in [-0.4, -0.2) is 50.0 Å². The summed E-state index contributed by atoms with van der Waals surface area (Å²) >= 11 is 12.5. The van der Waals surface area contributed by atoms with Gasteiger partial charge in [0.15, 0.2) is 0 Å². The number of rotatable bonds is 13. The number of amides is 2. The van der Waals surface area contributed by atoms with Gasteiger partial charge in [-0.15, -0.1) is 0 Å². The van der Waals surface area contributed by atoms with Crippen LogP contribution in [0.1, 0.15) is 55.2 Å². The predicted octanol–water partition coefficient (Wildman–Crippen LogP) is 6.55. The highest BCUT2D eigenvalue weighted by Gasteiger charge is 2.32. The molecule has 230 valence electrons. The zero-order chi connectivity index (χ0) is 31.0. The first-order chi connectivity index (χ1) is 20.5. The molecule has 3 aromatic carbocycles. The summed E-state index contributed by atoms with van der Waals surface area (Å²) in [6.07, 6.45) is 5.82. The van der Waals surface area contributed by atoms with Gasteiger partial charge in [-0.25, -0.2) is 8.42 Å². The molecular weight excluding hydrogens is 605 g/mol. The maximum Gasteiger partial charge on any atom is 0.243 e. The Bertz CT molecular complexity index is 1510. The van der Waals surface area contributed by atoms with Crippen molar-refractivity contribution >= 4 is 50.7 Å². The summed E-state index contributed by atoms with van der Waals surface area (Å²) in [5.74, 6) is -0.436. The first-order valence-corrected chi connectivity index (χ1v) is 17.2.